The van der Waals surface area contributed by atoms with Crippen LogP contribution in [0.4, 0.5) is 5.69 Å². The number of carboxylic acid groups (broad SMARTS) is 1. The summed E-state index contributed by atoms with van der Waals surface area (Å²) in [6, 6.07) is 7.15. The SMILES string of the molecule is COc1cccc(N(C)C(=O)C2CC=CCC2C(=O)O)c1. The van der Waals surface area contributed by atoms with E-state index >= 15 is 0 Å². The normalized spacial score (nSPS) is 20.9. The van der Waals surface area contributed by atoms with Gasteiger partial charge in [0.15, 0.2) is 0 Å². The van der Waals surface area contributed by atoms with Crippen LogP contribution in [0.3, 0.4) is 0 Å². The summed E-state index contributed by atoms with van der Waals surface area (Å²) in [5.41, 5.74) is 0.693. The summed E-state index contributed by atoms with van der Waals surface area (Å²) < 4.78 is 5.15. The molecule has 112 valence electrons. The number of benzene rings is 1. The van der Waals surface area contributed by atoms with Gasteiger partial charge in [0.25, 0.3) is 0 Å². The minimum Gasteiger partial charge on any atom is -0.497 e. The Kier molecular flexibility index (Phi) is 4.62. The lowest BCUT2D eigenvalue weighted by atomic mass is 9.82. The summed E-state index contributed by atoms with van der Waals surface area (Å²) in [5, 5.41) is 9.27. The minimum absolute atomic E-state index is 0.181. The molecule has 5 nitrogen and oxygen atoms in total. The Hall–Kier alpha value is -2.30. The fraction of sp³-hybridized carbons (Fsp3) is 0.375. The van der Waals surface area contributed by atoms with Crippen molar-refractivity contribution in [2.45, 2.75) is 12.8 Å². The molecule has 1 aromatic carbocycles. The van der Waals surface area contributed by atoms with Gasteiger partial charge in [0.05, 0.1) is 18.9 Å². The van der Waals surface area contributed by atoms with Crippen LogP contribution in [0.1, 0.15) is 12.8 Å². The third-order valence-corrected chi connectivity index (χ3v) is 3.84. The molecular formula is C16H19NO4. The Bertz CT molecular complexity index is 567. The highest BCUT2D eigenvalue weighted by Crippen LogP contribution is 2.29. The average Bonchev–Trinajstić information content (AvgIpc) is 2.53. The van der Waals surface area contributed by atoms with Crippen LogP contribution < -0.4 is 9.64 Å². The molecule has 2 unspecified atom stereocenters. The van der Waals surface area contributed by atoms with Crippen LogP contribution >= 0.6 is 0 Å². The number of rotatable bonds is 4. The average molecular weight is 289 g/mol. The van der Waals surface area contributed by atoms with Gasteiger partial charge in [0.1, 0.15) is 5.75 Å². The van der Waals surface area contributed by atoms with E-state index in [1.165, 1.54) is 4.90 Å². The monoisotopic (exact) mass is 289 g/mol. The third-order valence-electron chi connectivity index (χ3n) is 3.84. The molecule has 0 radical (unpaired) electrons. The Morgan fingerprint density at radius 3 is 2.52 bits per heavy atom. The van der Waals surface area contributed by atoms with Gasteiger partial charge in [-0.05, 0) is 25.0 Å². The molecule has 0 spiro atoms. The van der Waals surface area contributed by atoms with Gasteiger partial charge < -0.3 is 14.7 Å². The Morgan fingerprint density at radius 1 is 1.24 bits per heavy atom. The smallest absolute Gasteiger partial charge is 0.307 e. The first-order valence-corrected chi connectivity index (χ1v) is 6.84. The largest absolute Gasteiger partial charge is 0.497 e. The van der Waals surface area contributed by atoms with Crippen molar-refractivity contribution >= 4 is 17.6 Å². The first-order chi connectivity index (χ1) is 10.0. The van der Waals surface area contributed by atoms with Crippen molar-refractivity contribution < 1.29 is 19.4 Å². The lowest BCUT2D eigenvalue weighted by Gasteiger charge is -2.28. The van der Waals surface area contributed by atoms with Gasteiger partial charge in [0.2, 0.25) is 5.91 Å². The minimum atomic E-state index is -0.920. The standard InChI is InChI=1S/C16H19NO4/c1-17(11-6-5-7-12(10-11)21-2)15(18)13-8-3-4-9-14(13)16(19)20/h3-7,10,13-14H,8-9H2,1-2H3,(H,19,20). The molecule has 0 aromatic heterocycles. The second-order valence-electron chi connectivity index (χ2n) is 5.09. The van der Waals surface area contributed by atoms with Crippen LogP contribution in [-0.2, 0) is 9.59 Å². The molecule has 1 aliphatic rings. The van der Waals surface area contributed by atoms with Gasteiger partial charge in [-0.3, -0.25) is 9.59 Å². The number of nitrogens with zero attached hydrogens (tertiary/aromatic N) is 1. The lowest BCUT2D eigenvalue weighted by Crippen LogP contribution is -2.40. The van der Waals surface area contributed by atoms with Crippen LogP contribution in [0.2, 0.25) is 0 Å². The second kappa shape index (κ2) is 6.43. The summed E-state index contributed by atoms with van der Waals surface area (Å²) in [6.07, 6.45) is 4.57. The topological polar surface area (TPSA) is 66.8 Å². The van der Waals surface area contributed by atoms with Crippen molar-refractivity contribution in [3.05, 3.63) is 36.4 Å². The van der Waals surface area contributed by atoms with Crippen molar-refractivity contribution in [1.82, 2.24) is 0 Å². The van der Waals surface area contributed by atoms with Crippen molar-refractivity contribution in [3.63, 3.8) is 0 Å². The molecule has 1 aromatic rings. The van der Waals surface area contributed by atoms with Gasteiger partial charge in [-0.25, -0.2) is 0 Å². The molecule has 0 fully saturated rings. The summed E-state index contributed by atoms with van der Waals surface area (Å²) in [5.74, 6) is -1.62. The van der Waals surface area contributed by atoms with Gasteiger partial charge in [0, 0.05) is 18.8 Å². The maximum atomic E-state index is 12.6. The Labute approximate surface area is 123 Å². The molecule has 1 aliphatic carbocycles. The molecule has 1 amide bonds. The number of hydrogen-bond donors (Lipinski definition) is 1. The number of carbonyl (C=O) groups excluding carboxylic acids is 1. The maximum Gasteiger partial charge on any atom is 0.307 e. The van der Waals surface area contributed by atoms with E-state index in [9.17, 15) is 14.7 Å². The van der Waals surface area contributed by atoms with Gasteiger partial charge in [-0.15, -0.1) is 0 Å². The van der Waals surface area contributed by atoms with E-state index in [0.29, 0.717) is 24.3 Å². The van der Waals surface area contributed by atoms with Gasteiger partial charge in [-0.2, -0.15) is 0 Å². The first-order valence-electron chi connectivity index (χ1n) is 6.84. The first kappa shape index (κ1) is 15.1. The molecular weight excluding hydrogens is 270 g/mol. The number of carboxylic acids is 1. The van der Waals surface area contributed by atoms with E-state index in [-0.39, 0.29) is 5.91 Å². The van der Waals surface area contributed by atoms with E-state index in [2.05, 4.69) is 0 Å². The van der Waals surface area contributed by atoms with Gasteiger partial charge in [-0.1, -0.05) is 18.2 Å². The highest BCUT2D eigenvalue weighted by molar-refractivity contribution is 5.97. The summed E-state index contributed by atoms with van der Waals surface area (Å²) in [7, 11) is 3.22. The predicted octanol–water partition coefficient (Wildman–Crippen LogP) is 2.32. The molecule has 1 N–H and O–H groups in total. The molecule has 0 saturated heterocycles. The molecule has 2 rings (SSSR count). The molecule has 0 aliphatic heterocycles. The summed E-state index contributed by atoms with van der Waals surface area (Å²) in [4.78, 5) is 25.4. The van der Waals surface area contributed by atoms with E-state index in [0.717, 1.165) is 0 Å². The molecule has 0 saturated carbocycles. The Morgan fingerprint density at radius 2 is 1.90 bits per heavy atom. The quantitative estimate of drug-likeness (QED) is 0.864. The van der Waals surface area contributed by atoms with Crippen molar-refractivity contribution in [1.29, 1.82) is 0 Å². The zero-order chi connectivity index (χ0) is 15.4. The van der Waals surface area contributed by atoms with Crippen LogP contribution in [0, 0.1) is 11.8 Å². The van der Waals surface area contributed by atoms with Crippen LogP contribution in [-0.4, -0.2) is 31.1 Å². The maximum absolute atomic E-state index is 12.6. The third kappa shape index (κ3) is 3.24. The van der Waals surface area contributed by atoms with E-state index in [1.54, 1.807) is 38.4 Å². The molecule has 21 heavy (non-hydrogen) atoms. The van der Waals surface area contributed by atoms with Crippen LogP contribution in [0.25, 0.3) is 0 Å². The molecule has 0 bridgehead atoms. The van der Waals surface area contributed by atoms with Crippen LogP contribution in [0.5, 0.6) is 5.75 Å². The summed E-state index contributed by atoms with van der Waals surface area (Å²) in [6.45, 7) is 0. The lowest BCUT2D eigenvalue weighted by molar-refractivity contribution is -0.146. The van der Waals surface area contributed by atoms with Crippen molar-refractivity contribution in [3.8, 4) is 5.75 Å². The molecule has 2 atom stereocenters. The zero-order valence-electron chi connectivity index (χ0n) is 12.2. The fourth-order valence-corrected chi connectivity index (χ4v) is 2.56. The number of anilines is 1. The number of carbonyl (C=O) groups is 2. The Balaban J connectivity index is 2.21. The van der Waals surface area contributed by atoms with Crippen LogP contribution in [0.15, 0.2) is 36.4 Å². The van der Waals surface area contributed by atoms with E-state index in [1.807, 2.05) is 12.2 Å². The fourth-order valence-electron chi connectivity index (χ4n) is 2.56. The number of aliphatic carboxylic acids is 1. The van der Waals surface area contributed by atoms with E-state index < -0.39 is 17.8 Å². The van der Waals surface area contributed by atoms with Crippen molar-refractivity contribution in [2.75, 3.05) is 19.1 Å². The number of amides is 1. The number of hydrogen-bond acceptors (Lipinski definition) is 3. The number of ether oxygens (including phenoxy) is 1. The second-order valence-corrected chi connectivity index (χ2v) is 5.09. The van der Waals surface area contributed by atoms with Gasteiger partial charge >= 0.3 is 5.97 Å². The van der Waals surface area contributed by atoms with Crippen molar-refractivity contribution in [2.24, 2.45) is 11.8 Å². The predicted molar refractivity (Wildman–Crippen MR) is 79.4 cm³/mol. The molecule has 0 heterocycles. The molecule has 5 heteroatoms. The van der Waals surface area contributed by atoms with E-state index in [4.69, 9.17) is 4.74 Å². The highest BCUT2D eigenvalue weighted by atomic mass is 16.5. The number of allylic oxidation sites excluding steroid dienone is 2. The zero-order valence-corrected chi connectivity index (χ0v) is 12.2. The highest BCUT2D eigenvalue weighted by Gasteiger charge is 2.35. The number of methoxy groups -OCH3 is 1. The summed E-state index contributed by atoms with van der Waals surface area (Å²) >= 11 is 0.